The SMILES string of the molecule is C/N=C/c1cncc(COc2cc(OCc3cccc(-c4cccc(COc5cc(OCc6cncc(C7C=N7)c6)c(CN[C@@H](COC)C(=O)O)cc5Cl)c4C)c3C)c(Cl)cc2CN[C@@H](COC)C(=O)O)c1. The molecule has 0 bridgehead atoms. The first-order valence-corrected chi connectivity index (χ1v) is 23.7. The maximum Gasteiger partial charge on any atom is 0.323 e. The van der Waals surface area contributed by atoms with Crippen LogP contribution in [-0.4, -0.2) is 91.1 Å². The smallest absolute Gasteiger partial charge is 0.323 e. The van der Waals surface area contributed by atoms with Crippen molar-refractivity contribution in [2.24, 2.45) is 9.98 Å². The van der Waals surface area contributed by atoms with Gasteiger partial charge >= 0.3 is 11.9 Å². The lowest BCUT2D eigenvalue weighted by Gasteiger charge is -2.20. The zero-order valence-corrected chi connectivity index (χ0v) is 42.0. The van der Waals surface area contributed by atoms with Crippen molar-refractivity contribution in [1.82, 2.24) is 20.6 Å². The maximum absolute atomic E-state index is 11.9. The van der Waals surface area contributed by atoms with Crippen LogP contribution >= 0.6 is 23.2 Å². The van der Waals surface area contributed by atoms with E-state index in [1.807, 2.05) is 56.5 Å². The summed E-state index contributed by atoms with van der Waals surface area (Å²) in [5.41, 5.74) is 10.6. The lowest BCUT2D eigenvalue weighted by molar-refractivity contribution is -0.141. The van der Waals surface area contributed by atoms with E-state index in [1.165, 1.54) is 14.2 Å². The van der Waals surface area contributed by atoms with Crippen LogP contribution in [0.5, 0.6) is 23.0 Å². The van der Waals surface area contributed by atoms with Gasteiger partial charge in [0.05, 0.1) is 23.3 Å². The van der Waals surface area contributed by atoms with Crippen LogP contribution in [0.15, 0.2) is 108 Å². The molecule has 0 radical (unpaired) electrons. The molecule has 0 saturated heterocycles. The monoisotopic (exact) mass is 1020 g/mol. The molecule has 1 aliphatic heterocycles. The van der Waals surface area contributed by atoms with Crippen molar-refractivity contribution in [3.63, 3.8) is 0 Å². The van der Waals surface area contributed by atoms with E-state index in [0.29, 0.717) is 44.2 Å². The van der Waals surface area contributed by atoms with Crippen molar-refractivity contribution >= 4 is 47.6 Å². The molecule has 72 heavy (non-hydrogen) atoms. The topological polar surface area (TPSA) is 205 Å². The molecule has 1 unspecified atom stereocenters. The van der Waals surface area contributed by atoms with Gasteiger partial charge in [-0.05, 0) is 71.5 Å². The summed E-state index contributed by atoms with van der Waals surface area (Å²) in [6.07, 6.45) is 10.5. The molecule has 16 nitrogen and oxygen atoms in total. The molecule has 0 fully saturated rings. The highest BCUT2D eigenvalue weighted by Gasteiger charge is 2.22. The fraction of sp³-hybridized carbons (Fsp3) is 0.296. The average molecular weight is 1020 g/mol. The molecule has 2 aromatic heterocycles. The number of pyridine rings is 2. The normalized spacial score (nSPS) is 13.7. The number of benzene rings is 4. The fourth-order valence-corrected chi connectivity index (χ4v) is 8.30. The van der Waals surface area contributed by atoms with Crippen LogP contribution in [0, 0.1) is 13.8 Å². The lowest BCUT2D eigenvalue weighted by Crippen LogP contribution is -2.39. The van der Waals surface area contributed by atoms with Crippen LogP contribution in [0.4, 0.5) is 0 Å². The van der Waals surface area contributed by atoms with Gasteiger partial charge in [0.25, 0.3) is 0 Å². The van der Waals surface area contributed by atoms with Crippen LogP contribution in [0.3, 0.4) is 0 Å². The summed E-state index contributed by atoms with van der Waals surface area (Å²) >= 11 is 13.7. The van der Waals surface area contributed by atoms with Gasteiger partial charge in [0, 0.05) is 117 Å². The number of nitrogens with one attached hydrogen (secondary N) is 2. The van der Waals surface area contributed by atoms with E-state index in [-0.39, 0.29) is 58.8 Å². The quantitative estimate of drug-likeness (QED) is 0.0356. The zero-order valence-electron chi connectivity index (χ0n) is 40.5. The second-order valence-electron chi connectivity index (χ2n) is 17.0. The van der Waals surface area contributed by atoms with Crippen LogP contribution in [0.1, 0.15) is 61.7 Å². The summed E-state index contributed by atoms with van der Waals surface area (Å²) in [6.45, 7) is 5.02. The zero-order chi connectivity index (χ0) is 51.1. The Labute approximate surface area is 428 Å². The number of carboxylic acid groups (broad SMARTS) is 2. The van der Waals surface area contributed by atoms with Gasteiger partial charge in [-0.2, -0.15) is 0 Å². The molecular weight excluding hydrogens is 964 g/mol. The van der Waals surface area contributed by atoms with E-state index in [4.69, 9.17) is 51.6 Å². The molecule has 4 aromatic carbocycles. The molecule has 376 valence electrons. The Morgan fingerprint density at radius 1 is 0.653 bits per heavy atom. The standard InChI is InChI=1S/C54H56Cl2N6O10/c1-32-37(28-71-51-16-49(69-26-35-12-34(18-57-3)19-58-20-35)40(14-44(51)55)23-60-47(30-67-4)53(63)64)8-6-10-42(32)43-11-7-9-38(33(43)2)29-72-52-17-50(70-27-36-13-39(22-59-21-36)46-25-62-46)41(15-45(52)56)24-61-48(31-68-5)54(65)66/h6-22,25,46-48,60-61H,23-24,26-31H2,1-5H3,(H,63,64)(H,65,66)/b57-18+/t46?,47-,48-/m0/s1. The van der Waals surface area contributed by atoms with Gasteiger partial charge in [0.2, 0.25) is 0 Å². The van der Waals surface area contributed by atoms with Gasteiger partial charge in [-0.1, -0.05) is 59.6 Å². The van der Waals surface area contributed by atoms with Crippen molar-refractivity contribution in [3.8, 4) is 34.1 Å². The highest BCUT2D eigenvalue weighted by molar-refractivity contribution is 6.32. The first-order valence-electron chi connectivity index (χ1n) is 22.9. The second kappa shape index (κ2) is 25.5. The first kappa shape index (κ1) is 52.9. The van der Waals surface area contributed by atoms with Crippen molar-refractivity contribution < 1.29 is 48.2 Å². The van der Waals surface area contributed by atoms with Crippen molar-refractivity contribution in [1.29, 1.82) is 0 Å². The Bertz CT molecular complexity index is 2930. The van der Waals surface area contributed by atoms with Crippen LogP contribution in [0.2, 0.25) is 10.0 Å². The van der Waals surface area contributed by atoms with E-state index in [2.05, 4.69) is 42.7 Å². The first-order chi connectivity index (χ1) is 34.8. The molecule has 18 heteroatoms. The largest absolute Gasteiger partial charge is 0.488 e. The minimum Gasteiger partial charge on any atom is -0.488 e. The highest BCUT2D eigenvalue weighted by Crippen LogP contribution is 2.38. The Balaban J connectivity index is 1.08. The molecular formula is C54H56Cl2N6O10. The van der Waals surface area contributed by atoms with Crippen LogP contribution in [-0.2, 0) is 58.6 Å². The Hall–Kier alpha value is -6.92. The molecule has 0 aliphatic carbocycles. The summed E-state index contributed by atoms with van der Waals surface area (Å²) < 4.78 is 35.7. The van der Waals surface area contributed by atoms with Crippen molar-refractivity contribution in [2.45, 2.75) is 71.5 Å². The number of aliphatic carboxylic acids is 2. The third kappa shape index (κ3) is 14.1. The summed E-state index contributed by atoms with van der Waals surface area (Å²) in [5, 5.41) is 26.1. The Morgan fingerprint density at radius 2 is 1.12 bits per heavy atom. The van der Waals surface area contributed by atoms with Gasteiger partial charge in [-0.15, -0.1) is 0 Å². The molecule has 0 spiro atoms. The van der Waals surface area contributed by atoms with E-state index in [0.717, 1.165) is 55.6 Å². The summed E-state index contributed by atoms with van der Waals surface area (Å²) in [7, 11) is 4.57. The average Bonchev–Trinajstić information content (AvgIpc) is 4.22. The van der Waals surface area contributed by atoms with E-state index in [1.54, 1.807) is 62.3 Å². The number of aromatic nitrogens is 2. The number of nitrogens with zero attached hydrogens (tertiary/aromatic N) is 4. The highest BCUT2D eigenvalue weighted by atomic mass is 35.5. The minimum atomic E-state index is -1.05. The number of ether oxygens (including phenoxy) is 6. The molecule has 0 saturated carbocycles. The number of hydrogen-bond acceptors (Lipinski definition) is 14. The van der Waals surface area contributed by atoms with Crippen molar-refractivity contribution in [2.75, 3.05) is 34.5 Å². The van der Waals surface area contributed by atoms with Gasteiger partial charge in [0.1, 0.15) is 67.6 Å². The minimum absolute atomic E-state index is 0.0290. The van der Waals surface area contributed by atoms with Gasteiger partial charge < -0.3 is 38.6 Å². The molecule has 1 aliphatic rings. The Morgan fingerprint density at radius 3 is 1.58 bits per heavy atom. The summed E-state index contributed by atoms with van der Waals surface area (Å²) in [6, 6.07) is 21.0. The fourth-order valence-electron chi connectivity index (χ4n) is 7.82. The van der Waals surface area contributed by atoms with Crippen molar-refractivity contribution in [3.05, 3.63) is 163 Å². The van der Waals surface area contributed by atoms with Gasteiger partial charge in [-0.25, -0.2) is 0 Å². The second-order valence-corrected chi connectivity index (χ2v) is 17.8. The van der Waals surface area contributed by atoms with Gasteiger partial charge in [0.15, 0.2) is 0 Å². The predicted octanol–water partition coefficient (Wildman–Crippen LogP) is 8.94. The number of carbonyl (C=O) groups is 2. The summed E-state index contributed by atoms with van der Waals surface area (Å²) in [5.74, 6) is -0.414. The molecule has 3 atom stereocenters. The summed E-state index contributed by atoms with van der Waals surface area (Å²) in [4.78, 5) is 40.8. The number of hydrogen-bond donors (Lipinski definition) is 4. The lowest BCUT2D eigenvalue weighted by atomic mass is 9.92. The Kier molecular flexibility index (Phi) is 18.7. The number of methoxy groups -OCH3 is 2. The predicted molar refractivity (Wildman–Crippen MR) is 275 cm³/mol. The molecule has 4 N–H and O–H groups in total. The van der Waals surface area contributed by atoms with Gasteiger partial charge in [-0.3, -0.25) is 40.2 Å². The van der Waals surface area contributed by atoms with Crippen LogP contribution in [0.25, 0.3) is 11.1 Å². The van der Waals surface area contributed by atoms with E-state index < -0.39 is 24.0 Å². The number of aliphatic imine (C=N–C) groups is 2. The number of rotatable bonds is 27. The maximum atomic E-state index is 11.9. The number of halogens is 2. The van der Waals surface area contributed by atoms with E-state index in [9.17, 15) is 19.8 Å². The molecule has 3 heterocycles. The third-order valence-electron chi connectivity index (χ3n) is 11.9. The third-order valence-corrected chi connectivity index (χ3v) is 12.4. The molecule has 6 aromatic rings. The van der Waals surface area contributed by atoms with Crippen LogP contribution < -0.4 is 29.6 Å². The number of carboxylic acids is 2. The molecule has 7 rings (SSSR count). The van der Waals surface area contributed by atoms with E-state index >= 15 is 0 Å². The molecule has 0 amide bonds.